The SMILES string of the molecule is Cc1nc2cc(NC(=O)C3CCCN(S(=O)(=O)c4ccc(C)s4)C3)ccc2o1. The van der Waals surface area contributed by atoms with Crippen LogP contribution in [0.1, 0.15) is 23.6 Å². The van der Waals surface area contributed by atoms with Crippen LogP contribution in [-0.2, 0) is 14.8 Å². The van der Waals surface area contributed by atoms with Crippen LogP contribution in [0.2, 0.25) is 0 Å². The molecule has 28 heavy (non-hydrogen) atoms. The number of hydrogen-bond acceptors (Lipinski definition) is 6. The van der Waals surface area contributed by atoms with Crippen LogP contribution in [0.4, 0.5) is 5.69 Å². The monoisotopic (exact) mass is 419 g/mol. The summed E-state index contributed by atoms with van der Waals surface area (Å²) < 4.78 is 32.9. The second-order valence-corrected chi connectivity index (χ2v) is 10.4. The molecule has 1 N–H and O–H groups in total. The lowest BCUT2D eigenvalue weighted by molar-refractivity contribution is -0.120. The van der Waals surface area contributed by atoms with Gasteiger partial charge in [-0.3, -0.25) is 4.79 Å². The molecule has 1 unspecified atom stereocenters. The molecule has 0 spiro atoms. The van der Waals surface area contributed by atoms with Crippen molar-refractivity contribution in [1.82, 2.24) is 9.29 Å². The number of oxazole rings is 1. The van der Waals surface area contributed by atoms with E-state index >= 15 is 0 Å². The van der Waals surface area contributed by atoms with Crippen LogP contribution in [0, 0.1) is 19.8 Å². The predicted molar refractivity (Wildman–Crippen MR) is 108 cm³/mol. The predicted octanol–water partition coefficient (Wildman–Crippen LogP) is 3.55. The minimum Gasteiger partial charge on any atom is -0.441 e. The van der Waals surface area contributed by atoms with E-state index in [0.29, 0.717) is 46.3 Å². The van der Waals surface area contributed by atoms with E-state index in [-0.39, 0.29) is 18.4 Å². The summed E-state index contributed by atoms with van der Waals surface area (Å²) in [6.07, 6.45) is 1.32. The van der Waals surface area contributed by atoms with E-state index in [4.69, 9.17) is 4.42 Å². The van der Waals surface area contributed by atoms with Gasteiger partial charge in [0.15, 0.2) is 11.5 Å². The largest absolute Gasteiger partial charge is 0.441 e. The van der Waals surface area contributed by atoms with Gasteiger partial charge in [0.2, 0.25) is 5.91 Å². The van der Waals surface area contributed by atoms with Crippen molar-refractivity contribution >= 4 is 44.1 Å². The number of thiophene rings is 1. The summed E-state index contributed by atoms with van der Waals surface area (Å²) in [5, 5.41) is 2.89. The molecular formula is C19H21N3O4S2. The third-order valence-electron chi connectivity index (χ3n) is 4.83. The highest BCUT2D eigenvalue weighted by Gasteiger charge is 2.34. The molecule has 1 aromatic carbocycles. The molecular weight excluding hydrogens is 398 g/mol. The van der Waals surface area contributed by atoms with Crippen LogP contribution in [-0.4, -0.2) is 36.7 Å². The van der Waals surface area contributed by atoms with E-state index in [1.807, 2.05) is 6.92 Å². The Morgan fingerprint density at radius 3 is 2.86 bits per heavy atom. The number of piperidine rings is 1. The number of carbonyl (C=O) groups excluding carboxylic acids is 1. The molecule has 1 amide bonds. The molecule has 9 heteroatoms. The normalized spacial score (nSPS) is 18.4. The van der Waals surface area contributed by atoms with Crippen molar-refractivity contribution in [3.8, 4) is 0 Å². The van der Waals surface area contributed by atoms with Gasteiger partial charge in [0, 0.05) is 30.6 Å². The van der Waals surface area contributed by atoms with Crippen molar-refractivity contribution in [2.24, 2.45) is 5.92 Å². The van der Waals surface area contributed by atoms with Gasteiger partial charge in [0.1, 0.15) is 9.73 Å². The minimum atomic E-state index is -3.56. The van der Waals surface area contributed by atoms with Crippen molar-refractivity contribution in [3.05, 3.63) is 41.1 Å². The number of hydrogen-bond donors (Lipinski definition) is 1. The fourth-order valence-electron chi connectivity index (χ4n) is 3.42. The van der Waals surface area contributed by atoms with E-state index < -0.39 is 10.0 Å². The fourth-order valence-corrected chi connectivity index (χ4v) is 6.38. The van der Waals surface area contributed by atoms with Gasteiger partial charge in [-0.1, -0.05) is 0 Å². The minimum absolute atomic E-state index is 0.179. The Morgan fingerprint density at radius 1 is 1.29 bits per heavy atom. The third-order valence-corrected chi connectivity index (χ3v) is 8.16. The Bertz CT molecular complexity index is 1130. The molecule has 2 aromatic heterocycles. The molecule has 148 valence electrons. The zero-order valence-electron chi connectivity index (χ0n) is 15.6. The van der Waals surface area contributed by atoms with Crippen LogP contribution < -0.4 is 5.32 Å². The summed E-state index contributed by atoms with van der Waals surface area (Å²) in [5.41, 5.74) is 1.97. The average molecular weight is 420 g/mol. The quantitative estimate of drug-likeness (QED) is 0.698. The summed E-state index contributed by atoms with van der Waals surface area (Å²) in [5.74, 6) is -0.00317. The lowest BCUT2D eigenvalue weighted by atomic mass is 9.98. The Kier molecular flexibility index (Phi) is 4.98. The lowest BCUT2D eigenvalue weighted by Crippen LogP contribution is -2.43. The summed E-state index contributed by atoms with van der Waals surface area (Å²) >= 11 is 1.26. The van der Waals surface area contributed by atoms with Gasteiger partial charge in [-0.2, -0.15) is 4.31 Å². The number of nitrogens with zero attached hydrogens (tertiary/aromatic N) is 2. The van der Waals surface area contributed by atoms with Gasteiger partial charge in [-0.05, 0) is 50.1 Å². The fraction of sp³-hybridized carbons (Fsp3) is 0.368. The van der Waals surface area contributed by atoms with Crippen molar-refractivity contribution in [3.63, 3.8) is 0 Å². The number of aromatic nitrogens is 1. The Labute approximate surface area is 167 Å². The summed E-state index contributed by atoms with van der Waals surface area (Å²) in [6.45, 7) is 4.28. The van der Waals surface area contributed by atoms with E-state index in [1.54, 1.807) is 37.3 Å². The molecule has 1 aliphatic rings. The van der Waals surface area contributed by atoms with Gasteiger partial charge < -0.3 is 9.73 Å². The van der Waals surface area contributed by atoms with Crippen LogP contribution in [0.3, 0.4) is 0 Å². The Morgan fingerprint density at radius 2 is 2.11 bits per heavy atom. The van der Waals surface area contributed by atoms with Gasteiger partial charge in [-0.15, -0.1) is 11.3 Å². The standard InChI is InChI=1S/C19H21N3O4S2/c1-12-5-8-18(27-12)28(24,25)22-9-3-4-14(11-22)19(23)21-15-6-7-17-16(10-15)20-13(2)26-17/h5-8,10,14H,3-4,9,11H2,1-2H3,(H,21,23). The molecule has 4 rings (SSSR count). The smallest absolute Gasteiger partial charge is 0.252 e. The molecule has 1 fully saturated rings. The molecule has 3 aromatic rings. The van der Waals surface area contributed by atoms with Crippen LogP contribution >= 0.6 is 11.3 Å². The highest BCUT2D eigenvalue weighted by atomic mass is 32.2. The number of fused-ring (bicyclic) bond motifs is 1. The topological polar surface area (TPSA) is 92.5 Å². The number of anilines is 1. The number of rotatable bonds is 4. The number of aryl methyl sites for hydroxylation is 2. The molecule has 1 saturated heterocycles. The summed E-state index contributed by atoms with van der Waals surface area (Å²) in [7, 11) is -3.56. The summed E-state index contributed by atoms with van der Waals surface area (Å²) in [4.78, 5) is 18.0. The van der Waals surface area contributed by atoms with E-state index in [1.165, 1.54) is 15.6 Å². The first-order valence-electron chi connectivity index (χ1n) is 9.07. The number of nitrogens with one attached hydrogen (secondary N) is 1. The number of amides is 1. The Hall–Kier alpha value is -2.23. The number of carbonyl (C=O) groups is 1. The molecule has 1 aliphatic heterocycles. The highest BCUT2D eigenvalue weighted by molar-refractivity contribution is 7.91. The zero-order valence-corrected chi connectivity index (χ0v) is 17.3. The summed E-state index contributed by atoms with van der Waals surface area (Å²) in [6, 6.07) is 8.72. The zero-order chi connectivity index (χ0) is 19.9. The first kappa shape index (κ1) is 19.1. The van der Waals surface area contributed by atoms with E-state index in [2.05, 4.69) is 10.3 Å². The third kappa shape index (κ3) is 3.69. The first-order valence-corrected chi connectivity index (χ1v) is 11.3. The number of benzene rings is 1. The van der Waals surface area contributed by atoms with Gasteiger partial charge in [0.25, 0.3) is 10.0 Å². The van der Waals surface area contributed by atoms with E-state index in [9.17, 15) is 13.2 Å². The van der Waals surface area contributed by atoms with Gasteiger partial charge >= 0.3 is 0 Å². The Balaban J connectivity index is 1.48. The van der Waals surface area contributed by atoms with Crippen molar-refractivity contribution in [2.75, 3.05) is 18.4 Å². The second-order valence-electron chi connectivity index (χ2n) is 6.97. The second kappa shape index (κ2) is 7.31. The molecule has 0 bridgehead atoms. The maximum Gasteiger partial charge on any atom is 0.252 e. The molecule has 0 saturated carbocycles. The number of sulfonamides is 1. The van der Waals surface area contributed by atoms with Gasteiger partial charge in [-0.25, -0.2) is 13.4 Å². The van der Waals surface area contributed by atoms with Crippen LogP contribution in [0.5, 0.6) is 0 Å². The first-order chi connectivity index (χ1) is 13.3. The van der Waals surface area contributed by atoms with Crippen LogP contribution in [0.25, 0.3) is 11.1 Å². The highest BCUT2D eigenvalue weighted by Crippen LogP contribution is 2.29. The maximum absolute atomic E-state index is 12.9. The van der Waals surface area contributed by atoms with Crippen molar-refractivity contribution < 1.29 is 17.6 Å². The molecule has 0 radical (unpaired) electrons. The lowest BCUT2D eigenvalue weighted by Gasteiger charge is -2.30. The molecule has 1 atom stereocenters. The van der Waals surface area contributed by atoms with E-state index in [0.717, 1.165) is 4.88 Å². The molecule has 0 aliphatic carbocycles. The van der Waals surface area contributed by atoms with Crippen molar-refractivity contribution in [2.45, 2.75) is 30.9 Å². The van der Waals surface area contributed by atoms with Crippen LogP contribution in [0.15, 0.2) is 39.0 Å². The average Bonchev–Trinajstić information content (AvgIpc) is 3.26. The van der Waals surface area contributed by atoms with Crippen molar-refractivity contribution in [1.29, 1.82) is 0 Å². The molecule has 3 heterocycles. The van der Waals surface area contributed by atoms with Gasteiger partial charge in [0.05, 0.1) is 5.92 Å². The molecule has 7 nitrogen and oxygen atoms in total. The maximum atomic E-state index is 12.9.